The second kappa shape index (κ2) is 7.24. The van der Waals surface area contributed by atoms with Crippen LogP contribution in [0.2, 0.25) is 0 Å². The van der Waals surface area contributed by atoms with Gasteiger partial charge in [-0.25, -0.2) is 4.79 Å². The van der Waals surface area contributed by atoms with Gasteiger partial charge in [-0.1, -0.05) is 18.2 Å². The Bertz CT molecular complexity index is 524. The zero-order valence-corrected chi connectivity index (χ0v) is 13.0. The van der Waals surface area contributed by atoms with Crippen molar-refractivity contribution in [1.29, 1.82) is 0 Å². The lowest BCUT2D eigenvalue weighted by molar-refractivity contribution is -0.153. The molecule has 0 radical (unpaired) electrons. The van der Waals surface area contributed by atoms with Gasteiger partial charge in [0, 0.05) is 12.1 Å². The lowest BCUT2D eigenvalue weighted by atomic mass is 10.2. The van der Waals surface area contributed by atoms with Crippen LogP contribution in [0.15, 0.2) is 23.8 Å². The SMILES string of the molecule is CCOC(=O)[C@H]1CCCN1C(=O)[C@@H](C)NC(=O)C1=CC=CC1. The van der Waals surface area contributed by atoms with Crippen molar-refractivity contribution < 1.29 is 19.1 Å². The lowest BCUT2D eigenvalue weighted by Gasteiger charge is -2.26. The highest BCUT2D eigenvalue weighted by Crippen LogP contribution is 2.20. The summed E-state index contributed by atoms with van der Waals surface area (Å²) in [5.74, 6) is -0.845. The van der Waals surface area contributed by atoms with E-state index in [9.17, 15) is 14.4 Å². The summed E-state index contributed by atoms with van der Waals surface area (Å²) in [5, 5.41) is 2.70. The van der Waals surface area contributed by atoms with Gasteiger partial charge in [-0.2, -0.15) is 0 Å². The van der Waals surface area contributed by atoms with E-state index >= 15 is 0 Å². The molecule has 0 aromatic rings. The fourth-order valence-corrected chi connectivity index (χ4v) is 2.73. The molecule has 0 unspecified atom stereocenters. The summed E-state index contributed by atoms with van der Waals surface area (Å²) < 4.78 is 5.01. The van der Waals surface area contributed by atoms with Crippen LogP contribution < -0.4 is 5.32 Å². The first-order valence-electron chi connectivity index (χ1n) is 7.68. The van der Waals surface area contributed by atoms with E-state index in [2.05, 4.69) is 5.32 Å². The molecule has 0 spiro atoms. The van der Waals surface area contributed by atoms with Gasteiger partial charge >= 0.3 is 5.97 Å². The van der Waals surface area contributed by atoms with Crippen molar-refractivity contribution in [3.8, 4) is 0 Å². The van der Waals surface area contributed by atoms with E-state index in [0.29, 0.717) is 31.6 Å². The Morgan fingerprint density at radius 3 is 2.86 bits per heavy atom. The number of carbonyl (C=O) groups excluding carboxylic acids is 3. The van der Waals surface area contributed by atoms with Gasteiger partial charge in [-0.15, -0.1) is 0 Å². The number of likely N-dealkylation sites (tertiary alicyclic amines) is 1. The number of amides is 2. The van der Waals surface area contributed by atoms with Crippen LogP contribution in [0.3, 0.4) is 0 Å². The lowest BCUT2D eigenvalue weighted by Crippen LogP contribution is -2.50. The van der Waals surface area contributed by atoms with Crippen molar-refractivity contribution >= 4 is 17.8 Å². The highest BCUT2D eigenvalue weighted by atomic mass is 16.5. The second-order valence-corrected chi connectivity index (χ2v) is 5.46. The van der Waals surface area contributed by atoms with E-state index in [4.69, 9.17) is 4.74 Å². The maximum Gasteiger partial charge on any atom is 0.328 e. The van der Waals surface area contributed by atoms with Crippen molar-refractivity contribution in [1.82, 2.24) is 10.2 Å². The molecule has 2 aliphatic rings. The van der Waals surface area contributed by atoms with E-state index in [1.165, 1.54) is 4.90 Å². The minimum Gasteiger partial charge on any atom is -0.464 e. The van der Waals surface area contributed by atoms with Crippen molar-refractivity contribution in [2.75, 3.05) is 13.2 Å². The Balaban J connectivity index is 1.94. The molecular formula is C16H22N2O4. The first-order chi connectivity index (χ1) is 10.5. The van der Waals surface area contributed by atoms with Gasteiger partial charge in [-0.3, -0.25) is 9.59 Å². The van der Waals surface area contributed by atoms with Gasteiger partial charge < -0.3 is 15.0 Å². The molecule has 1 heterocycles. The predicted octanol–water partition coefficient (Wildman–Crippen LogP) is 0.931. The topological polar surface area (TPSA) is 75.7 Å². The zero-order valence-electron chi connectivity index (χ0n) is 13.0. The monoisotopic (exact) mass is 306 g/mol. The first-order valence-corrected chi connectivity index (χ1v) is 7.68. The number of nitrogens with one attached hydrogen (secondary N) is 1. The molecule has 1 aliphatic heterocycles. The molecule has 1 N–H and O–H groups in total. The Hall–Kier alpha value is -2.11. The molecule has 1 fully saturated rings. The minimum atomic E-state index is -0.663. The molecule has 2 atom stereocenters. The molecule has 0 saturated carbocycles. The standard InChI is InChI=1S/C16H22N2O4/c1-3-22-16(21)13-9-6-10-18(13)15(20)11(2)17-14(19)12-7-4-5-8-12/h4-5,7,11,13H,3,6,8-10H2,1-2H3,(H,17,19)/t11-,13-/m1/s1. The van der Waals surface area contributed by atoms with Crippen LogP contribution in [0.5, 0.6) is 0 Å². The molecule has 1 saturated heterocycles. The van der Waals surface area contributed by atoms with Crippen LogP contribution in [-0.2, 0) is 19.1 Å². The molecule has 0 aromatic heterocycles. The molecule has 0 aromatic carbocycles. The van der Waals surface area contributed by atoms with Gasteiger partial charge in [0.05, 0.1) is 6.61 Å². The average molecular weight is 306 g/mol. The molecular weight excluding hydrogens is 284 g/mol. The number of ether oxygens (including phenoxy) is 1. The van der Waals surface area contributed by atoms with Crippen LogP contribution >= 0.6 is 0 Å². The zero-order chi connectivity index (χ0) is 16.1. The summed E-state index contributed by atoms with van der Waals surface area (Å²) in [4.78, 5) is 37.9. The number of allylic oxidation sites excluding steroid dienone is 3. The van der Waals surface area contributed by atoms with Crippen molar-refractivity contribution in [3.63, 3.8) is 0 Å². The highest BCUT2D eigenvalue weighted by Gasteiger charge is 2.37. The predicted molar refractivity (Wildman–Crippen MR) is 80.8 cm³/mol. The van der Waals surface area contributed by atoms with Crippen LogP contribution in [-0.4, -0.2) is 47.9 Å². The molecule has 6 heteroatoms. The van der Waals surface area contributed by atoms with E-state index in [-0.39, 0.29) is 17.8 Å². The summed E-state index contributed by atoms with van der Waals surface area (Å²) in [6, 6.07) is -1.19. The van der Waals surface area contributed by atoms with Gasteiger partial charge in [0.1, 0.15) is 12.1 Å². The van der Waals surface area contributed by atoms with Crippen LogP contribution in [0, 0.1) is 0 Å². The van der Waals surface area contributed by atoms with Crippen molar-refractivity contribution in [3.05, 3.63) is 23.8 Å². The number of carbonyl (C=O) groups is 3. The summed E-state index contributed by atoms with van der Waals surface area (Å²) in [6.45, 7) is 4.20. The maximum absolute atomic E-state index is 12.5. The summed E-state index contributed by atoms with van der Waals surface area (Å²) in [7, 11) is 0. The summed E-state index contributed by atoms with van der Waals surface area (Å²) >= 11 is 0. The maximum atomic E-state index is 12.5. The van der Waals surface area contributed by atoms with Crippen molar-refractivity contribution in [2.45, 2.75) is 45.2 Å². The summed E-state index contributed by atoms with van der Waals surface area (Å²) in [5.41, 5.74) is 0.642. The molecule has 1 aliphatic carbocycles. The molecule has 2 rings (SSSR count). The van der Waals surface area contributed by atoms with Gasteiger partial charge in [0.2, 0.25) is 11.8 Å². The normalized spacial score (nSPS) is 21.5. The fourth-order valence-electron chi connectivity index (χ4n) is 2.73. The third-order valence-corrected chi connectivity index (χ3v) is 3.88. The fraction of sp³-hybridized carbons (Fsp3) is 0.562. The number of rotatable bonds is 5. The van der Waals surface area contributed by atoms with Gasteiger partial charge in [0.15, 0.2) is 0 Å². The molecule has 120 valence electrons. The number of esters is 1. The first kappa shape index (κ1) is 16.3. The third-order valence-electron chi connectivity index (χ3n) is 3.88. The Morgan fingerprint density at radius 1 is 1.45 bits per heavy atom. The minimum absolute atomic E-state index is 0.238. The number of hydrogen-bond donors (Lipinski definition) is 1. The van der Waals surface area contributed by atoms with Crippen LogP contribution in [0.4, 0.5) is 0 Å². The Labute approximate surface area is 130 Å². The average Bonchev–Trinajstić information content (AvgIpc) is 3.17. The third kappa shape index (κ3) is 3.55. The second-order valence-electron chi connectivity index (χ2n) is 5.46. The molecule has 6 nitrogen and oxygen atoms in total. The van der Waals surface area contributed by atoms with Gasteiger partial charge in [0.25, 0.3) is 0 Å². The van der Waals surface area contributed by atoms with E-state index in [1.807, 2.05) is 12.2 Å². The largest absolute Gasteiger partial charge is 0.464 e. The quantitative estimate of drug-likeness (QED) is 0.767. The van der Waals surface area contributed by atoms with E-state index in [0.717, 1.165) is 6.42 Å². The van der Waals surface area contributed by atoms with E-state index < -0.39 is 12.1 Å². The summed E-state index contributed by atoms with van der Waals surface area (Å²) in [6.07, 6.45) is 7.41. The van der Waals surface area contributed by atoms with Crippen molar-refractivity contribution in [2.24, 2.45) is 0 Å². The van der Waals surface area contributed by atoms with E-state index in [1.54, 1.807) is 19.9 Å². The van der Waals surface area contributed by atoms with Crippen LogP contribution in [0.1, 0.15) is 33.1 Å². The highest BCUT2D eigenvalue weighted by molar-refractivity contribution is 5.98. The number of nitrogens with zero attached hydrogens (tertiary/aromatic N) is 1. The number of hydrogen-bond acceptors (Lipinski definition) is 4. The molecule has 0 bridgehead atoms. The van der Waals surface area contributed by atoms with Gasteiger partial charge in [-0.05, 0) is 33.1 Å². The Morgan fingerprint density at radius 2 is 2.23 bits per heavy atom. The molecule has 22 heavy (non-hydrogen) atoms. The molecule has 2 amide bonds. The Kier molecular flexibility index (Phi) is 5.35. The smallest absolute Gasteiger partial charge is 0.328 e. The van der Waals surface area contributed by atoms with Crippen LogP contribution in [0.25, 0.3) is 0 Å².